The smallest absolute Gasteiger partial charge is 0.189 e. The van der Waals surface area contributed by atoms with Crippen LogP contribution in [0.15, 0.2) is 23.6 Å². The highest BCUT2D eigenvalue weighted by molar-refractivity contribution is 7.98. The maximum Gasteiger partial charge on any atom is 0.189 e. The molecule has 0 spiro atoms. The first-order chi connectivity index (χ1) is 11.3. The molecule has 0 saturated carbocycles. The molecule has 3 rings (SSSR count). The zero-order chi connectivity index (χ0) is 16.1. The number of aliphatic hydroxyl groups excluding tert-OH is 1. The van der Waals surface area contributed by atoms with Crippen LogP contribution in [-0.2, 0) is 13.0 Å². The Hall–Kier alpha value is -1.67. The van der Waals surface area contributed by atoms with Crippen LogP contribution in [0, 0.1) is 5.92 Å². The van der Waals surface area contributed by atoms with Gasteiger partial charge in [0.2, 0.25) is 0 Å². The Bertz CT molecular complexity index is 634. The predicted molar refractivity (Wildman–Crippen MR) is 89.6 cm³/mol. The fourth-order valence-electron chi connectivity index (χ4n) is 2.95. The molecular formula is C15H22N6OS. The van der Waals surface area contributed by atoms with Crippen molar-refractivity contribution in [2.75, 3.05) is 30.9 Å². The SMILES string of the molecule is CSc1nccc(N2CCC[C@H](Cn3cc(CCO)nn3)C2)n1. The van der Waals surface area contributed by atoms with E-state index in [1.54, 1.807) is 11.8 Å². The molecule has 0 unspecified atom stereocenters. The lowest BCUT2D eigenvalue weighted by Gasteiger charge is -2.33. The van der Waals surface area contributed by atoms with E-state index in [0.29, 0.717) is 12.3 Å². The third-order valence-corrected chi connectivity index (χ3v) is 4.61. The summed E-state index contributed by atoms with van der Waals surface area (Å²) in [5, 5.41) is 18.0. The van der Waals surface area contributed by atoms with E-state index in [4.69, 9.17) is 5.11 Å². The highest BCUT2D eigenvalue weighted by atomic mass is 32.2. The van der Waals surface area contributed by atoms with Gasteiger partial charge in [0.1, 0.15) is 5.82 Å². The molecule has 23 heavy (non-hydrogen) atoms. The molecule has 0 radical (unpaired) electrons. The summed E-state index contributed by atoms with van der Waals surface area (Å²) in [5.41, 5.74) is 0.848. The lowest BCUT2D eigenvalue weighted by molar-refractivity contribution is 0.298. The highest BCUT2D eigenvalue weighted by Crippen LogP contribution is 2.23. The Balaban J connectivity index is 1.63. The number of piperidine rings is 1. The lowest BCUT2D eigenvalue weighted by Crippen LogP contribution is -2.37. The molecule has 7 nitrogen and oxygen atoms in total. The van der Waals surface area contributed by atoms with Crippen LogP contribution in [0.3, 0.4) is 0 Å². The number of nitrogens with zero attached hydrogens (tertiary/aromatic N) is 6. The van der Waals surface area contributed by atoms with E-state index in [2.05, 4.69) is 25.2 Å². The van der Waals surface area contributed by atoms with Crippen LogP contribution in [0.2, 0.25) is 0 Å². The van der Waals surface area contributed by atoms with Gasteiger partial charge < -0.3 is 10.0 Å². The molecule has 0 aromatic carbocycles. The number of rotatable bonds is 6. The van der Waals surface area contributed by atoms with E-state index in [1.165, 1.54) is 6.42 Å². The second kappa shape index (κ2) is 7.74. The van der Waals surface area contributed by atoms with Crippen molar-refractivity contribution in [3.05, 3.63) is 24.2 Å². The van der Waals surface area contributed by atoms with Gasteiger partial charge in [-0.3, -0.25) is 4.68 Å². The monoisotopic (exact) mass is 334 g/mol. The Kier molecular flexibility index (Phi) is 5.45. The Morgan fingerprint density at radius 2 is 2.35 bits per heavy atom. The third-order valence-electron chi connectivity index (χ3n) is 4.04. The standard InChI is InChI=1S/C15H22N6OS/c1-23-15-16-6-4-14(17-15)20-7-2-3-12(9-20)10-21-11-13(5-8-22)18-19-21/h4,6,11-12,22H,2-3,5,7-10H2,1H3/t12-/m0/s1. The Morgan fingerprint density at radius 3 is 3.17 bits per heavy atom. The molecule has 2 aromatic heterocycles. The molecule has 1 aliphatic heterocycles. The second-order valence-electron chi connectivity index (χ2n) is 5.76. The van der Waals surface area contributed by atoms with E-state index in [-0.39, 0.29) is 6.61 Å². The van der Waals surface area contributed by atoms with Crippen LogP contribution in [0.25, 0.3) is 0 Å². The number of anilines is 1. The van der Waals surface area contributed by atoms with E-state index in [0.717, 1.165) is 42.7 Å². The van der Waals surface area contributed by atoms with Crippen molar-refractivity contribution >= 4 is 17.6 Å². The van der Waals surface area contributed by atoms with Gasteiger partial charge in [0.15, 0.2) is 5.16 Å². The first-order valence-electron chi connectivity index (χ1n) is 7.90. The van der Waals surface area contributed by atoms with Gasteiger partial charge in [0.05, 0.1) is 5.69 Å². The van der Waals surface area contributed by atoms with E-state index >= 15 is 0 Å². The van der Waals surface area contributed by atoms with Gasteiger partial charge in [-0.2, -0.15) is 0 Å². The van der Waals surface area contributed by atoms with Gasteiger partial charge in [0.25, 0.3) is 0 Å². The molecule has 2 aromatic rings. The fourth-order valence-corrected chi connectivity index (χ4v) is 3.30. The van der Waals surface area contributed by atoms with Gasteiger partial charge in [-0.25, -0.2) is 9.97 Å². The molecule has 1 N–H and O–H groups in total. The molecule has 0 aliphatic carbocycles. The zero-order valence-corrected chi connectivity index (χ0v) is 14.1. The highest BCUT2D eigenvalue weighted by Gasteiger charge is 2.22. The van der Waals surface area contributed by atoms with Crippen molar-refractivity contribution in [1.82, 2.24) is 25.0 Å². The summed E-state index contributed by atoms with van der Waals surface area (Å²) in [6.07, 6.45) is 8.66. The molecule has 8 heteroatoms. The minimum absolute atomic E-state index is 0.112. The predicted octanol–water partition coefficient (Wildman–Crippen LogP) is 1.24. The molecule has 1 atom stereocenters. The molecule has 1 saturated heterocycles. The molecule has 1 aliphatic rings. The van der Waals surface area contributed by atoms with Crippen molar-refractivity contribution in [2.45, 2.75) is 31.0 Å². The van der Waals surface area contributed by atoms with Gasteiger partial charge >= 0.3 is 0 Å². The molecule has 0 amide bonds. The first-order valence-corrected chi connectivity index (χ1v) is 9.13. The minimum Gasteiger partial charge on any atom is -0.396 e. The van der Waals surface area contributed by atoms with Crippen LogP contribution < -0.4 is 4.90 Å². The lowest BCUT2D eigenvalue weighted by atomic mass is 9.98. The first kappa shape index (κ1) is 16.2. The van der Waals surface area contributed by atoms with E-state index in [9.17, 15) is 0 Å². The number of hydrogen-bond acceptors (Lipinski definition) is 7. The van der Waals surface area contributed by atoms with Crippen LogP contribution in [0.5, 0.6) is 0 Å². The summed E-state index contributed by atoms with van der Waals surface area (Å²) in [4.78, 5) is 11.2. The maximum atomic E-state index is 8.96. The van der Waals surface area contributed by atoms with E-state index < -0.39 is 0 Å². The van der Waals surface area contributed by atoms with Crippen molar-refractivity contribution in [1.29, 1.82) is 0 Å². The average molecular weight is 334 g/mol. The topological polar surface area (TPSA) is 80.0 Å². The van der Waals surface area contributed by atoms with Gasteiger partial charge in [-0.1, -0.05) is 17.0 Å². The molecule has 1 fully saturated rings. The summed E-state index contributed by atoms with van der Waals surface area (Å²) in [6, 6.07) is 1.98. The largest absolute Gasteiger partial charge is 0.396 e. The summed E-state index contributed by atoms with van der Waals surface area (Å²) >= 11 is 1.57. The van der Waals surface area contributed by atoms with Gasteiger partial charge in [-0.15, -0.1) is 5.10 Å². The maximum absolute atomic E-state index is 8.96. The minimum atomic E-state index is 0.112. The van der Waals surface area contributed by atoms with Crippen molar-refractivity contribution in [2.24, 2.45) is 5.92 Å². The van der Waals surface area contributed by atoms with Gasteiger partial charge in [-0.05, 0) is 31.1 Å². The normalized spacial score (nSPS) is 18.3. The van der Waals surface area contributed by atoms with Crippen molar-refractivity contribution in [3.63, 3.8) is 0 Å². The molecular weight excluding hydrogens is 312 g/mol. The summed E-state index contributed by atoms with van der Waals surface area (Å²) in [6.45, 7) is 2.98. The summed E-state index contributed by atoms with van der Waals surface area (Å²) in [7, 11) is 0. The molecule has 124 valence electrons. The fraction of sp³-hybridized carbons (Fsp3) is 0.600. The van der Waals surface area contributed by atoms with Crippen molar-refractivity contribution < 1.29 is 5.11 Å². The zero-order valence-electron chi connectivity index (χ0n) is 13.3. The van der Waals surface area contributed by atoms with Gasteiger partial charge in [0, 0.05) is 45.1 Å². The van der Waals surface area contributed by atoms with Crippen LogP contribution in [-0.4, -0.2) is 56.0 Å². The number of hydrogen-bond donors (Lipinski definition) is 1. The number of aromatic nitrogens is 5. The summed E-state index contributed by atoms with van der Waals surface area (Å²) < 4.78 is 1.90. The molecule has 0 bridgehead atoms. The average Bonchev–Trinajstić information content (AvgIpc) is 3.02. The van der Waals surface area contributed by atoms with E-state index in [1.807, 2.05) is 29.4 Å². The number of thioether (sulfide) groups is 1. The Labute approximate surface area is 140 Å². The number of aliphatic hydroxyl groups is 1. The van der Waals surface area contributed by atoms with Crippen molar-refractivity contribution in [3.8, 4) is 0 Å². The Morgan fingerprint density at radius 1 is 1.43 bits per heavy atom. The van der Waals surface area contributed by atoms with Crippen LogP contribution >= 0.6 is 11.8 Å². The van der Waals surface area contributed by atoms with Crippen LogP contribution in [0.1, 0.15) is 18.5 Å². The summed E-state index contributed by atoms with van der Waals surface area (Å²) in [5.74, 6) is 1.54. The van der Waals surface area contributed by atoms with Crippen LogP contribution in [0.4, 0.5) is 5.82 Å². The second-order valence-corrected chi connectivity index (χ2v) is 6.53. The quantitative estimate of drug-likeness (QED) is 0.629. The molecule has 3 heterocycles. The third kappa shape index (κ3) is 4.20.